The minimum Gasteiger partial charge on any atom is -0.364 e. The number of pyridine rings is 1. The van der Waals surface area contributed by atoms with E-state index in [1.807, 2.05) is 18.3 Å². The molecule has 0 atom stereocenters. The number of hydrogen-bond donors (Lipinski definition) is 1. The van der Waals surface area contributed by atoms with Crippen molar-refractivity contribution in [3.05, 3.63) is 46.1 Å². The lowest BCUT2D eigenvalue weighted by Gasteiger charge is -2.10. The summed E-state index contributed by atoms with van der Waals surface area (Å²) in [6, 6.07) is 5.99. The Bertz CT molecular complexity index is 572. The van der Waals surface area contributed by atoms with E-state index in [1.54, 1.807) is 0 Å². The summed E-state index contributed by atoms with van der Waals surface area (Å²) in [5, 5.41) is 3.33. The van der Waals surface area contributed by atoms with E-state index in [-0.39, 0.29) is 0 Å². The highest BCUT2D eigenvalue weighted by Gasteiger charge is 2.05. The van der Waals surface area contributed by atoms with E-state index in [1.165, 1.54) is 5.56 Å². The third-order valence-corrected chi connectivity index (χ3v) is 3.42. The third-order valence-electron chi connectivity index (χ3n) is 3.02. The zero-order valence-electron chi connectivity index (χ0n) is 11.9. The molecule has 2 aromatic rings. The van der Waals surface area contributed by atoms with Crippen molar-refractivity contribution >= 4 is 21.7 Å². The maximum Gasteiger partial charge on any atom is 0.132 e. The molecule has 0 saturated carbocycles. The van der Waals surface area contributed by atoms with E-state index in [0.717, 1.165) is 41.2 Å². The predicted molar refractivity (Wildman–Crippen MR) is 84.7 cm³/mol. The standard InChI is InChI=1S/C15H19BrN4/c1-3-6-14-19-13(16)9-15(20-14)18-10-12-11(4-2)7-5-8-17-12/h5,7-9H,3-4,6,10H2,1-2H3,(H,18,19,20). The van der Waals surface area contributed by atoms with Crippen molar-refractivity contribution in [2.45, 2.75) is 39.7 Å². The molecule has 0 aromatic carbocycles. The molecular weight excluding hydrogens is 316 g/mol. The molecule has 20 heavy (non-hydrogen) atoms. The van der Waals surface area contributed by atoms with Crippen LogP contribution in [-0.4, -0.2) is 15.0 Å². The van der Waals surface area contributed by atoms with Crippen molar-refractivity contribution in [1.29, 1.82) is 0 Å². The first-order valence-corrected chi connectivity index (χ1v) is 7.72. The summed E-state index contributed by atoms with van der Waals surface area (Å²) in [7, 11) is 0. The molecule has 0 aliphatic carbocycles. The zero-order valence-corrected chi connectivity index (χ0v) is 13.4. The Morgan fingerprint density at radius 2 is 2.10 bits per heavy atom. The van der Waals surface area contributed by atoms with Gasteiger partial charge in [0.05, 0.1) is 12.2 Å². The molecule has 4 nitrogen and oxygen atoms in total. The Kier molecular flexibility index (Phi) is 5.47. The summed E-state index contributed by atoms with van der Waals surface area (Å²) in [4.78, 5) is 13.3. The molecule has 2 rings (SSSR count). The molecule has 0 saturated heterocycles. The first kappa shape index (κ1) is 14.9. The number of anilines is 1. The molecule has 0 aliphatic rings. The van der Waals surface area contributed by atoms with Crippen LogP contribution >= 0.6 is 15.9 Å². The van der Waals surface area contributed by atoms with Gasteiger partial charge in [0.25, 0.3) is 0 Å². The Labute approximate surface area is 128 Å². The first-order chi connectivity index (χ1) is 9.72. The van der Waals surface area contributed by atoms with Crippen LogP contribution in [0.4, 0.5) is 5.82 Å². The average Bonchev–Trinajstić information content (AvgIpc) is 2.45. The largest absolute Gasteiger partial charge is 0.364 e. The van der Waals surface area contributed by atoms with Crippen LogP contribution in [0.5, 0.6) is 0 Å². The fourth-order valence-electron chi connectivity index (χ4n) is 2.02. The van der Waals surface area contributed by atoms with Gasteiger partial charge in [0.1, 0.15) is 16.2 Å². The van der Waals surface area contributed by atoms with Crippen LogP contribution in [0.1, 0.15) is 37.4 Å². The van der Waals surface area contributed by atoms with Gasteiger partial charge in [0.15, 0.2) is 0 Å². The monoisotopic (exact) mass is 334 g/mol. The maximum absolute atomic E-state index is 4.51. The van der Waals surface area contributed by atoms with Gasteiger partial charge in [-0.3, -0.25) is 4.98 Å². The summed E-state index contributed by atoms with van der Waals surface area (Å²) in [6.07, 6.45) is 4.74. The van der Waals surface area contributed by atoms with Crippen molar-refractivity contribution in [2.24, 2.45) is 0 Å². The average molecular weight is 335 g/mol. The molecule has 2 heterocycles. The molecule has 0 bridgehead atoms. The van der Waals surface area contributed by atoms with Crippen molar-refractivity contribution < 1.29 is 0 Å². The fourth-order valence-corrected chi connectivity index (χ4v) is 2.44. The van der Waals surface area contributed by atoms with Gasteiger partial charge in [-0.25, -0.2) is 9.97 Å². The lowest BCUT2D eigenvalue weighted by atomic mass is 10.1. The highest BCUT2D eigenvalue weighted by Crippen LogP contribution is 2.15. The second-order valence-corrected chi connectivity index (χ2v) is 5.37. The number of nitrogens with one attached hydrogen (secondary N) is 1. The van der Waals surface area contributed by atoms with E-state index in [4.69, 9.17) is 0 Å². The minimum absolute atomic E-state index is 0.680. The van der Waals surface area contributed by atoms with E-state index in [9.17, 15) is 0 Å². The van der Waals surface area contributed by atoms with E-state index < -0.39 is 0 Å². The minimum atomic E-state index is 0.680. The van der Waals surface area contributed by atoms with E-state index >= 15 is 0 Å². The summed E-state index contributed by atoms with van der Waals surface area (Å²) in [6.45, 7) is 4.94. The van der Waals surface area contributed by atoms with Crippen molar-refractivity contribution in [3.63, 3.8) is 0 Å². The topological polar surface area (TPSA) is 50.7 Å². The van der Waals surface area contributed by atoms with Crippen LogP contribution in [0.2, 0.25) is 0 Å². The third kappa shape index (κ3) is 4.00. The van der Waals surface area contributed by atoms with Crippen LogP contribution < -0.4 is 5.32 Å². The number of aromatic nitrogens is 3. The number of hydrogen-bond acceptors (Lipinski definition) is 4. The van der Waals surface area contributed by atoms with Crippen LogP contribution in [0.25, 0.3) is 0 Å². The van der Waals surface area contributed by atoms with Gasteiger partial charge in [0, 0.05) is 18.7 Å². The van der Waals surface area contributed by atoms with Gasteiger partial charge in [0.2, 0.25) is 0 Å². The molecule has 5 heteroatoms. The van der Waals surface area contributed by atoms with Crippen LogP contribution in [-0.2, 0) is 19.4 Å². The second-order valence-electron chi connectivity index (χ2n) is 4.56. The molecule has 0 radical (unpaired) electrons. The quantitative estimate of drug-likeness (QED) is 0.817. The molecule has 0 aliphatic heterocycles. The Morgan fingerprint density at radius 1 is 1.25 bits per heavy atom. The van der Waals surface area contributed by atoms with Crippen LogP contribution in [0, 0.1) is 0 Å². The summed E-state index contributed by atoms with van der Waals surface area (Å²) >= 11 is 3.43. The Balaban J connectivity index is 2.10. The number of aryl methyl sites for hydroxylation is 2. The predicted octanol–water partition coefficient (Wildman–Crippen LogP) is 3.76. The molecule has 106 valence electrons. The SMILES string of the molecule is CCCc1nc(Br)cc(NCc2ncccc2CC)n1. The lowest BCUT2D eigenvalue weighted by molar-refractivity contribution is 0.827. The summed E-state index contributed by atoms with van der Waals surface area (Å²) < 4.78 is 0.815. The fraction of sp³-hybridized carbons (Fsp3) is 0.400. The second kappa shape index (κ2) is 7.33. The molecule has 0 fully saturated rings. The molecule has 0 amide bonds. The normalized spacial score (nSPS) is 10.6. The van der Waals surface area contributed by atoms with Gasteiger partial charge >= 0.3 is 0 Å². The first-order valence-electron chi connectivity index (χ1n) is 6.93. The van der Waals surface area contributed by atoms with E-state index in [2.05, 4.69) is 56.1 Å². The number of nitrogens with zero attached hydrogens (tertiary/aromatic N) is 3. The van der Waals surface area contributed by atoms with Crippen molar-refractivity contribution in [1.82, 2.24) is 15.0 Å². The molecular formula is C15H19BrN4. The van der Waals surface area contributed by atoms with E-state index in [0.29, 0.717) is 6.54 Å². The zero-order chi connectivity index (χ0) is 14.4. The van der Waals surface area contributed by atoms with Gasteiger partial charge in [-0.2, -0.15) is 0 Å². The maximum atomic E-state index is 4.51. The molecule has 0 unspecified atom stereocenters. The van der Waals surface area contributed by atoms with Crippen molar-refractivity contribution in [3.8, 4) is 0 Å². The molecule has 1 N–H and O–H groups in total. The van der Waals surface area contributed by atoms with Gasteiger partial charge in [-0.05, 0) is 40.4 Å². The molecule has 2 aromatic heterocycles. The van der Waals surface area contributed by atoms with Crippen LogP contribution in [0.3, 0.4) is 0 Å². The number of halogens is 1. The Hall–Kier alpha value is -1.49. The van der Waals surface area contributed by atoms with Gasteiger partial charge in [-0.15, -0.1) is 0 Å². The highest BCUT2D eigenvalue weighted by molar-refractivity contribution is 9.10. The summed E-state index contributed by atoms with van der Waals surface area (Å²) in [5.74, 6) is 1.70. The smallest absolute Gasteiger partial charge is 0.132 e. The van der Waals surface area contributed by atoms with Crippen molar-refractivity contribution in [2.75, 3.05) is 5.32 Å². The van der Waals surface area contributed by atoms with Gasteiger partial charge in [-0.1, -0.05) is 19.9 Å². The number of rotatable bonds is 6. The summed E-state index contributed by atoms with van der Waals surface area (Å²) in [5.41, 5.74) is 2.34. The highest BCUT2D eigenvalue weighted by atomic mass is 79.9. The molecule has 0 spiro atoms. The Morgan fingerprint density at radius 3 is 2.85 bits per heavy atom. The van der Waals surface area contributed by atoms with Crippen LogP contribution in [0.15, 0.2) is 29.0 Å². The lowest BCUT2D eigenvalue weighted by Crippen LogP contribution is -2.08. The van der Waals surface area contributed by atoms with Gasteiger partial charge < -0.3 is 5.32 Å².